The maximum Gasteiger partial charge on any atom is 0.245 e. The van der Waals surface area contributed by atoms with Gasteiger partial charge in [0.05, 0.1) is 6.20 Å². The van der Waals surface area contributed by atoms with Crippen molar-refractivity contribution in [1.82, 2.24) is 15.2 Å². The molecule has 0 radical (unpaired) electrons. The highest BCUT2D eigenvalue weighted by molar-refractivity contribution is 5.60. The van der Waals surface area contributed by atoms with E-state index in [0.29, 0.717) is 11.8 Å². The molecule has 1 heterocycles. The third kappa shape index (κ3) is 4.59. The Labute approximate surface area is 125 Å². The van der Waals surface area contributed by atoms with Gasteiger partial charge < -0.3 is 15.5 Å². The molecule has 1 aromatic heterocycles. The van der Waals surface area contributed by atoms with E-state index in [1.807, 2.05) is 38.4 Å². The second-order valence-electron chi connectivity index (χ2n) is 6.11. The Hall–Kier alpha value is -2.37. The molecule has 112 valence electrons. The van der Waals surface area contributed by atoms with Crippen molar-refractivity contribution >= 4 is 23.1 Å². The minimum absolute atomic E-state index is 0.104. The number of benzene rings is 1. The number of nitrogens with zero attached hydrogens (tertiary/aromatic N) is 4. The van der Waals surface area contributed by atoms with Gasteiger partial charge in [-0.3, -0.25) is 0 Å². The first-order valence-corrected chi connectivity index (χ1v) is 6.86. The second kappa shape index (κ2) is 5.95. The summed E-state index contributed by atoms with van der Waals surface area (Å²) in [6.07, 6.45) is 1.60. The van der Waals surface area contributed by atoms with Gasteiger partial charge in [-0.25, -0.2) is 0 Å². The molecule has 0 unspecified atom stereocenters. The van der Waals surface area contributed by atoms with Crippen LogP contribution in [0.2, 0.25) is 0 Å². The molecule has 0 atom stereocenters. The highest BCUT2D eigenvalue weighted by Gasteiger charge is 2.11. The van der Waals surface area contributed by atoms with Crippen LogP contribution in [-0.4, -0.2) is 34.8 Å². The monoisotopic (exact) mass is 286 g/mol. The molecule has 0 aliphatic carbocycles. The smallest absolute Gasteiger partial charge is 0.245 e. The molecular formula is C15H22N6. The van der Waals surface area contributed by atoms with Gasteiger partial charge in [-0.1, -0.05) is 0 Å². The van der Waals surface area contributed by atoms with Crippen LogP contribution in [0.1, 0.15) is 20.8 Å². The van der Waals surface area contributed by atoms with E-state index in [1.165, 1.54) is 0 Å². The highest BCUT2D eigenvalue weighted by atomic mass is 15.3. The maximum absolute atomic E-state index is 4.40. The minimum Gasteiger partial charge on any atom is -0.378 e. The fraction of sp³-hybridized carbons (Fsp3) is 0.400. The van der Waals surface area contributed by atoms with Crippen molar-refractivity contribution < 1.29 is 0 Å². The van der Waals surface area contributed by atoms with Crippen LogP contribution in [0.15, 0.2) is 30.5 Å². The highest BCUT2D eigenvalue weighted by Crippen LogP contribution is 2.19. The van der Waals surface area contributed by atoms with Crippen LogP contribution in [0, 0.1) is 0 Å². The van der Waals surface area contributed by atoms with Gasteiger partial charge in [0, 0.05) is 31.0 Å². The van der Waals surface area contributed by atoms with E-state index >= 15 is 0 Å². The van der Waals surface area contributed by atoms with Gasteiger partial charge in [0.1, 0.15) is 0 Å². The van der Waals surface area contributed by atoms with Crippen LogP contribution in [0.4, 0.5) is 23.1 Å². The lowest BCUT2D eigenvalue weighted by Gasteiger charge is -2.20. The SMILES string of the molecule is CN(C)c1ccc(Nc2cnnc(NC(C)(C)C)n2)cc1. The first-order chi connectivity index (χ1) is 9.83. The van der Waals surface area contributed by atoms with Gasteiger partial charge >= 0.3 is 0 Å². The Balaban J connectivity index is 2.10. The predicted molar refractivity (Wildman–Crippen MR) is 87.3 cm³/mol. The fourth-order valence-corrected chi connectivity index (χ4v) is 1.74. The zero-order valence-corrected chi connectivity index (χ0v) is 13.2. The van der Waals surface area contributed by atoms with Crippen LogP contribution >= 0.6 is 0 Å². The number of anilines is 4. The molecule has 0 saturated heterocycles. The molecule has 2 N–H and O–H groups in total. The van der Waals surface area contributed by atoms with Crippen LogP contribution in [0.3, 0.4) is 0 Å². The summed E-state index contributed by atoms with van der Waals surface area (Å²) in [6, 6.07) is 8.11. The van der Waals surface area contributed by atoms with Gasteiger partial charge in [-0.05, 0) is 45.0 Å². The average Bonchev–Trinajstić information content (AvgIpc) is 2.37. The second-order valence-corrected chi connectivity index (χ2v) is 6.11. The van der Waals surface area contributed by atoms with Crippen molar-refractivity contribution in [3.05, 3.63) is 30.5 Å². The van der Waals surface area contributed by atoms with Crippen LogP contribution in [0.25, 0.3) is 0 Å². The van der Waals surface area contributed by atoms with Crippen LogP contribution < -0.4 is 15.5 Å². The Morgan fingerprint density at radius 3 is 2.29 bits per heavy atom. The maximum atomic E-state index is 4.40. The van der Waals surface area contributed by atoms with Gasteiger partial charge in [0.25, 0.3) is 0 Å². The Morgan fingerprint density at radius 2 is 1.71 bits per heavy atom. The Bertz CT molecular complexity index is 586. The first-order valence-electron chi connectivity index (χ1n) is 6.86. The van der Waals surface area contributed by atoms with E-state index in [1.54, 1.807) is 6.20 Å². The first kappa shape index (κ1) is 15.0. The molecule has 0 saturated carbocycles. The minimum atomic E-state index is -0.104. The van der Waals surface area contributed by atoms with Crippen LogP contribution in [-0.2, 0) is 0 Å². The normalized spacial score (nSPS) is 11.1. The number of hydrogen-bond acceptors (Lipinski definition) is 6. The van der Waals surface area contributed by atoms with Crippen molar-refractivity contribution in [2.75, 3.05) is 29.6 Å². The lowest BCUT2D eigenvalue weighted by atomic mass is 10.1. The van der Waals surface area contributed by atoms with Gasteiger partial charge in [0.2, 0.25) is 5.95 Å². The van der Waals surface area contributed by atoms with E-state index < -0.39 is 0 Å². The van der Waals surface area contributed by atoms with Gasteiger partial charge in [0.15, 0.2) is 5.82 Å². The number of hydrogen-bond donors (Lipinski definition) is 2. The molecule has 6 nitrogen and oxygen atoms in total. The van der Waals surface area contributed by atoms with Gasteiger partial charge in [-0.15, -0.1) is 5.10 Å². The molecular weight excluding hydrogens is 264 g/mol. The largest absolute Gasteiger partial charge is 0.378 e. The van der Waals surface area contributed by atoms with Crippen molar-refractivity contribution in [3.8, 4) is 0 Å². The summed E-state index contributed by atoms with van der Waals surface area (Å²) in [5.74, 6) is 1.17. The van der Waals surface area contributed by atoms with Crippen molar-refractivity contribution in [2.24, 2.45) is 0 Å². The van der Waals surface area contributed by atoms with Crippen LogP contribution in [0.5, 0.6) is 0 Å². The molecule has 0 fully saturated rings. The Kier molecular flexibility index (Phi) is 4.26. The molecule has 0 aliphatic heterocycles. The molecule has 1 aromatic carbocycles. The molecule has 6 heteroatoms. The molecule has 2 rings (SSSR count). The number of rotatable bonds is 4. The summed E-state index contributed by atoms with van der Waals surface area (Å²) in [5.41, 5.74) is 2.01. The Morgan fingerprint density at radius 1 is 1.05 bits per heavy atom. The van der Waals surface area contributed by atoms with E-state index in [9.17, 15) is 0 Å². The summed E-state index contributed by atoms with van der Waals surface area (Å²) < 4.78 is 0. The van der Waals surface area contributed by atoms with Gasteiger partial charge in [-0.2, -0.15) is 10.1 Å². The molecule has 0 amide bonds. The lowest BCUT2D eigenvalue weighted by molar-refractivity contribution is 0.623. The summed E-state index contributed by atoms with van der Waals surface area (Å²) >= 11 is 0. The predicted octanol–water partition coefficient (Wildman–Crippen LogP) is 2.89. The van der Waals surface area contributed by atoms with Crippen molar-refractivity contribution in [2.45, 2.75) is 26.3 Å². The third-order valence-corrected chi connectivity index (χ3v) is 2.70. The summed E-state index contributed by atoms with van der Waals surface area (Å²) in [4.78, 5) is 6.46. The number of aromatic nitrogens is 3. The zero-order chi connectivity index (χ0) is 15.5. The topological polar surface area (TPSA) is 66.0 Å². The van der Waals surface area contributed by atoms with Crippen molar-refractivity contribution in [3.63, 3.8) is 0 Å². The molecule has 2 aromatic rings. The average molecular weight is 286 g/mol. The van der Waals surface area contributed by atoms with E-state index in [-0.39, 0.29) is 5.54 Å². The van der Waals surface area contributed by atoms with E-state index in [2.05, 4.69) is 51.5 Å². The summed E-state index contributed by atoms with van der Waals surface area (Å²) in [7, 11) is 4.03. The van der Waals surface area contributed by atoms with E-state index in [0.717, 1.165) is 11.4 Å². The quantitative estimate of drug-likeness (QED) is 0.901. The zero-order valence-electron chi connectivity index (χ0n) is 13.2. The van der Waals surface area contributed by atoms with E-state index in [4.69, 9.17) is 0 Å². The fourth-order valence-electron chi connectivity index (χ4n) is 1.74. The standard InChI is InChI=1S/C15H22N6/c1-15(2,3)19-14-18-13(10-16-20-14)17-11-6-8-12(9-7-11)21(4)5/h6-10H,1-5H3,(H2,17,18,19,20). The molecule has 21 heavy (non-hydrogen) atoms. The summed E-state index contributed by atoms with van der Waals surface area (Å²) in [6.45, 7) is 6.16. The lowest BCUT2D eigenvalue weighted by Crippen LogP contribution is -2.27. The molecule has 0 bridgehead atoms. The third-order valence-electron chi connectivity index (χ3n) is 2.70. The van der Waals surface area contributed by atoms with Crippen molar-refractivity contribution in [1.29, 1.82) is 0 Å². The molecule has 0 spiro atoms. The summed E-state index contributed by atoms with van der Waals surface area (Å²) in [5, 5.41) is 14.4. The molecule has 0 aliphatic rings. The number of nitrogens with one attached hydrogen (secondary N) is 2.